The van der Waals surface area contributed by atoms with E-state index >= 15 is 0 Å². The highest BCUT2D eigenvalue weighted by molar-refractivity contribution is 8.18. The fraction of sp³-hybridized carbons (Fsp3) is 0.227. The summed E-state index contributed by atoms with van der Waals surface area (Å²) >= 11 is 0.836. The second-order valence-electron chi connectivity index (χ2n) is 6.45. The Kier molecular flexibility index (Phi) is 7.19. The topological polar surface area (TPSA) is 105 Å². The van der Waals surface area contributed by atoms with Crippen molar-refractivity contribution in [3.63, 3.8) is 0 Å². The van der Waals surface area contributed by atoms with Gasteiger partial charge in [-0.05, 0) is 54.6 Å². The van der Waals surface area contributed by atoms with Gasteiger partial charge in [0.2, 0.25) is 0 Å². The number of ether oxygens (including phenoxy) is 2. The molecule has 2 aromatic carbocycles. The van der Waals surface area contributed by atoms with E-state index in [0.717, 1.165) is 16.7 Å². The number of aromatic hydroxyl groups is 1. The second-order valence-corrected chi connectivity index (χ2v) is 7.44. The molecule has 0 bridgehead atoms. The first-order chi connectivity index (χ1) is 14.9. The lowest BCUT2D eigenvalue weighted by Gasteiger charge is -2.13. The van der Waals surface area contributed by atoms with E-state index in [4.69, 9.17) is 9.47 Å². The first-order valence-corrected chi connectivity index (χ1v) is 10.4. The molecule has 0 spiro atoms. The summed E-state index contributed by atoms with van der Waals surface area (Å²) in [5.74, 6) is 0.0683. The molecular weight excluding hydrogens is 420 g/mol. The predicted octanol–water partition coefficient (Wildman–Crippen LogP) is 3.27. The maximum absolute atomic E-state index is 12.7. The summed E-state index contributed by atoms with van der Waals surface area (Å²) in [6.45, 7) is 2.45. The van der Waals surface area contributed by atoms with Crippen LogP contribution in [0.15, 0.2) is 47.4 Å². The third-order valence-electron chi connectivity index (χ3n) is 4.43. The van der Waals surface area contributed by atoms with Gasteiger partial charge in [-0.25, -0.2) is 0 Å². The zero-order valence-corrected chi connectivity index (χ0v) is 17.9. The first-order valence-electron chi connectivity index (χ1n) is 9.57. The molecule has 8 nitrogen and oxygen atoms in total. The summed E-state index contributed by atoms with van der Waals surface area (Å²) in [5.41, 5.74) is 0.819. The zero-order valence-electron chi connectivity index (χ0n) is 17.1. The number of methoxy groups -OCH3 is 1. The van der Waals surface area contributed by atoms with Crippen LogP contribution in [0.25, 0.3) is 6.08 Å². The number of para-hydroxylation sites is 1. The highest BCUT2D eigenvalue weighted by Crippen LogP contribution is 2.34. The number of imide groups is 1. The quantitative estimate of drug-likeness (QED) is 0.605. The van der Waals surface area contributed by atoms with Gasteiger partial charge in [0.05, 0.1) is 24.2 Å². The van der Waals surface area contributed by atoms with Gasteiger partial charge in [0.1, 0.15) is 5.75 Å². The van der Waals surface area contributed by atoms with Crippen molar-refractivity contribution in [3.05, 3.63) is 58.5 Å². The minimum atomic E-state index is -0.484. The Morgan fingerprint density at radius 3 is 2.68 bits per heavy atom. The van der Waals surface area contributed by atoms with E-state index in [0.29, 0.717) is 23.7 Å². The smallest absolute Gasteiger partial charge is 0.293 e. The number of nitrogens with zero attached hydrogens (tertiary/aromatic N) is 1. The summed E-state index contributed by atoms with van der Waals surface area (Å²) in [6.07, 6.45) is 1.61. The third-order valence-corrected chi connectivity index (χ3v) is 5.34. The lowest BCUT2D eigenvalue weighted by atomic mass is 10.2. The van der Waals surface area contributed by atoms with Crippen LogP contribution in [0.5, 0.6) is 17.2 Å². The van der Waals surface area contributed by atoms with Gasteiger partial charge in [-0.3, -0.25) is 19.3 Å². The predicted molar refractivity (Wildman–Crippen MR) is 117 cm³/mol. The Morgan fingerprint density at radius 1 is 1.19 bits per heavy atom. The van der Waals surface area contributed by atoms with Gasteiger partial charge in [0.15, 0.2) is 11.5 Å². The van der Waals surface area contributed by atoms with E-state index in [1.165, 1.54) is 19.2 Å². The van der Waals surface area contributed by atoms with Crippen LogP contribution in [0.4, 0.5) is 4.79 Å². The number of benzene rings is 2. The lowest BCUT2D eigenvalue weighted by molar-refractivity contribution is -0.122. The number of hydrogen-bond acceptors (Lipinski definition) is 7. The fourth-order valence-electron chi connectivity index (χ4n) is 2.93. The highest BCUT2D eigenvalue weighted by atomic mass is 32.2. The standard InChI is InChI=1S/C22H22N2O6S/c1-3-30-17-9-8-14(12-18(17)29-2)13-19-21(27)24(22(28)31-19)11-10-23-20(26)15-6-4-5-7-16(15)25/h4-9,12-13,25H,3,10-11H2,1-2H3,(H,23,26)/b19-13-. The number of amides is 3. The Balaban J connectivity index is 1.64. The van der Waals surface area contributed by atoms with Crippen LogP contribution in [-0.2, 0) is 4.79 Å². The van der Waals surface area contributed by atoms with Gasteiger partial charge < -0.3 is 19.9 Å². The number of nitrogens with one attached hydrogen (secondary N) is 1. The molecule has 31 heavy (non-hydrogen) atoms. The van der Waals surface area contributed by atoms with E-state index in [-0.39, 0.29) is 29.3 Å². The second kappa shape index (κ2) is 10.0. The molecule has 1 heterocycles. The molecule has 2 aromatic rings. The highest BCUT2D eigenvalue weighted by Gasteiger charge is 2.34. The monoisotopic (exact) mass is 442 g/mol. The van der Waals surface area contributed by atoms with Gasteiger partial charge in [-0.2, -0.15) is 0 Å². The van der Waals surface area contributed by atoms with Crippen LogP contribution in [0.3, 0.4) is 0 Å². The zero-order chi connectivity index (χ0) is 22.4. The van der Waals surface area contributed by atoms with Crippen molar-refractivity contribution in [2.45, 2.75) is 6.92 Å². The minimum absolute atomic E-state index is 0.0218. The molecule has 0 radical (unpaired) electrons. The fourth-order valence-corrected chi connectivity index (χ4v) is 3.80. The minimum Gasteiger partial charge on any atom is -0.507 e. The summed E-state index contributed by atoms with van der Waals surface area (Å²) in [5, 5.41) is 11.9. The molecule has 1 aliphatic rings. The molecule has 3 rings (SSSR count). The Hall–Kier alpha value is -3.46. The number of thioether (sulfide) groups is 1. The summed E-state index contributed by atoms with van der Waals surface area (Å²) in [6, 6.07) is 11.4. The van der Waals surface area contributed by atoms with Crippen LogP contribution in [0.1, 0.15) is 22.8 Å². The molecule has 0 aliphatic carbocycles. The molecule has 1 aliphatic heterocycles. The van der Waals surface area contributed by atoms with E-state index < -0.39 is 17.1 Å². The lowest BCUT2D eigenvalue weighted by Crippen LogP contribution is -2.37. The largest absolute Gasteiger partial charge is 0.507 e. The Labute approximate surface area is 183 Å². The number of phenolic OH excluding ortho intramolecular Hbond substituents is 1. The van der Waals surface area contributed by atoms with Crippen LogP contribution in [0.2, 0.25) is 0 Å². The molecule has 162 valence electrons. The molecular formula is C22H22N2O6S. The van der Waals surface area contributed by atoms with Crippen molar-refractivity contribution in [2.24, 2.45) is 0 Å². The average Bonchev–Trinajstić information content (AvgIpc) is 3.02. The van der Waals surface area contributed by atoms with Crippen LogP contribution in [-0.4, -0.2) is 53.9 Å². The number of hydrogen-bond donors (Lipinski definition) is 2. The van der Waals surface area contributed by atoms with Crippen molar-refractivity contribution >= 4 is 34.9 Å². The van der Waals surface area contributed by atoms with E-state index in [1.54, 1.807) is 36.4 Å². The number of rotatable bonds is 8. The van der Waals surface area contributed by atoms with Crippen LogP contribution >= 0.6 is 11.8 Å². The molecule has 1 saturated heterocycles. The SMILES string of the molecule is CCOc1ccc(/C=C2\SC(=O)N(CCNC(=O)c3ccccc3O)C2=O)cc1OC. The number of carbonyl (C=O) groups is 3. The van der Waals surface area contributed by atoms with Crippen molar-refractivity contribution in [1.82, 2.24) is 10.2 Å². The average molecular weight is 442 g/mol. The molecule has 2 N–H and O–H groups in total. The van der Waals surface area contributed by atoms with Crippen LogP contribution < -0.4 is 14.8 Å². The van der Waals surface area contributed by atoms with Crippen LogP contribution in [0, 0.1) is 0 Å². The van der Waals surface area contributed by atoms with Crippen molar-refractivity contribution in [3.8, 4) is 17.2 Å². The van der Waals surface area contributed by atoms with Crippen molar-refractivity contribution in [2.75, 3.05) is 26.8 Å². The van der Waals surface area contributed by atoms with Gasteiger partial charge in [-0.1, -0.05) is 18.2 Å². The van der Waals surface area contributed by atoms with Crippen molar-refractivity contribution < 1.29 is 29.0 Å². The number of carbonyl (C=O) groups excluding carboxylic acids is 3. The maximum Gasteiger partial charge on any atom is 0.293 e. The molecule has 0 aromatic heterocycles. The third kappa shape index (κ3) is 5.18. The molecule has 0 atom stereocenters. The molecule has 3 amide bonds. The summed E-state index contributed by atoms with van der Waals surface area (Å²) < 4.78 is 10.8. The summed E-state index contributed by atoms with van der Waals surface area (Å²) in [4.78, 5) is 38.4. The molecule has 0 saturated carbocycles. The molecule has 9 heteroatoms. The van der Waals surface area contributed by atoms with Gasteiger partial charge in [0.25, 0.3) is 17.1 Å². The van der Waals surface area contributed by atoms with Crippen molar-refractivity contribution in [1.29, 1.82) is 0 Å². The first kappa shape index (κ1) is 22.2. The van der Waals surface area contributed by atoms with E-state index in [2.05, 4.69) is 5.32 Å². The van der Waals surface area contributed by atoms with E-state index in [1.807, 2.05) is 6.92 Å². The maximum atomic E-state index is 12.7. The van der Waals surface area contributed by atoms with Gasteiger partial charge >= 0.3 is 0 Å². The van der Waals surface area contributed by atoms with E-state index in [9.17, 15) is 19.5 Å². The molecule has 0 unspecified atom stereocenters. The van der Waals surface area contributed by atoms with Gasteiger partial charge in [0, 0.05) is 13.1 Å². The van der Waals surface area contributed by atoms with Gasteiger partial charge in [-0.15, -0.1) is 0 Å². The number of phenols is 1. The Bertz CT molecular complexity index is 1040. The Morgan fingerprint density at radius 2 is 1.97 bits per heavy atom. The molecule has 1 fully saturated rings. The normalized spacial score (nSPS) is 14.8. The summed E-state index contributed by atoms with van der Waals surface area (Å²) in [7, 11) is 1.53.